The number of hydrogen-bond acceptors (Lipinski definition) is 4. The first-order chi connectivity index (χ1) is 6.68. The Morgan fingerprint density at radius 3 is 2.71 bits per heavy atom. The Kier molecular flexibility index (Phi) is 4.45. The van der Waals surface area contributed by atoms with E-state index in [2.05, 4.69) is 15.3 Å². The van der Waals surface area contributed by atoms with Gasteiger partial charge in [-0.2, -0.15) is 0 Å². The highest BCUT2D eigenvalue weighted by atomic mass is 32.2. The second-order valence-corrected chi connectivity index (χ2v) is 4.34. The zero-order valence-electron chi connectivity index (χ0n) is 7.86. The topological polar surface area (TPSA) is 54.9 Å². The van der Waals surface area contributed by atoms with Crippen LogP contribution in [0.1, 0.15) is 6.42 Å². The number of hydrogen-bond donors (Lipinski definition) is 1. The Morgan fingerprint density at radius 1 is 1.50 bits per heavy atom. The zero-order chi connectivity index (χ0) is 10.4. The summed E-state index contributed by atoms with van der Waals surface area (Å²) in [6.45, 7) is 0.644. The Labute approximate surface area is 84.4 Å². The Morgan fingerprint density at radius 2 is 2.14 bits per heavy atom. The number of anilines is 1. The molecular weight excluding hydrogens is 205 g/mol. The summed E-state index contributed by atoms with van der Waals surface area (Å²) in [6, 6.07) is 0. The normalized spacial score (nSPS) is 12.4. The summed E-state index contributed by atoms with van der Waals surface area (Å²) in [5.74, 6) is 0.590. The fraction of sp³-hybridized carbons (Fsp3) is 0.500. The zero-order valence-corrected chi connectivity index (χ0v) is 8.68. The van der Waals surface area contributed by atoms with E-state index < -0.39 is 16.6 Å². The van der Waals surface area contributed by atoms with Crippen LogP contribution in [0.4, 0.5) is 10.3 Å². The minimum atomic E-state index is -0.768. The summed E-state index contributed by atoms with van der Waals surface area (Å²) < 4.78 is 23.1. The van der Waals surface area contributed by atoms with Gasteiger partial charge in [0.15, 0.2) is 5.82 Å². The maximum Gasteiger partial charge on any atom is 0.222 e. The second-order valence-electron chi connectivity index (χ2n) is 2.78. The van der Waals surface area contributed by atoms with E-state index in [1.54, 1.807) is 6.26 Å². The van der Waals surface area contributed by atoms with E-state index in [4.69, 9.17) is 0 Å². The van der Waals surface area contributed by atoms with Crippen molar-refractivity contribution in [3.8, 4) is 0 Å². The average molecular weight is 217 g/mol. The molecule has 0 spiro atoms. The molecule has 0 amide bonds. The second kappa shape index (κ2) is 5.64. The lowest BCUT2D eigenvalue weighted by Gasteiger charge is -2.02. The molecule has 1 atom stereocenters. The summed E-state index contributed by atoms with van der Waals surface area (Å²) in [6.07, 6.45) is 4.65. The quantitative estimate of drug-likeness (QED) is 0.741. The van der Waals surface area contributed by atoms with E-state index in [9.17, 15) is 8.60 Å². The first-order valence-electron chi connectivity index (χ1n) is 4.20. The molecule has 0 aliphatic heterocycles. The summed E-state index contributed by atoms with van der Waals surface area (Å²) in [4.78, 5) is 7.44. The van der Waals surface area contributed by atoms with Gasteiger partial charge in [0.1, 0.15) is 0 Å². The fourth-order valence-electron chi connectivity index (χ4n) is 0.879. The SMILES string of the molecule is CS(=O)CCCNc1ncc(F)cn1. The van der Waals surface area contributed by atoms with Gasteiger partial charge in [-0.1, -0.05) is 0 Å². The van der Waals surface area contributed by atoms with Crippen molar-refractivity contribution in [2.24, 2.45) is 0 Å². The van der Waals surface area contributed by atoms with Crippen LogP contribution in [0.3, 0.4) is 0 Å². The smallest absolute Gasteiger partial charge is 0.222 e. The van der Waals surface area contributed by atoms with Gasteiger partial charge in [-0.25, -0.2) is 14.4 Å². The molecule has 0 saturated heterocycles. The van der Waals surface area contributed by atoms with Gasteiger partial charge in [-0.3, -0.25) is 4.21 Å². The van der Waals surface area contributed by atoms with E-state index in [1.165, 1.54) is 0 Å². The Bertz CT molecular complexity index is 304. The predicted molar refractivity (Wildman–Crippen MR) is 54.0 cm³/mol. The van der Waals surface area contributed by atoms with Crippen molar-refractivity contribution in [2.75, 3.05) is 23.9 Å². The van der Waals surface area contributed by atoms with Crippen molar-refractivity contribution in [1.82, 2.24) is 9.97 Å². The standard InChI is InChI=1S/C8H12FN3OS/c1-14(13)4-2-3-10-8-11-5-7(9)6-12-8/h5-6H,2-4H2,1H3,(H,10,11,12). The maximum atomic E-state index is 12.4. The molecule has 14 heavy (non-hydrogen) atoms. The first-order valence-corrected chi connectivity index (χ1v) is 5.92. The summed E-state index contributed by atoms with van der Waals surface area (Å²) >= 11 is 0. The fourth-order valence-corrected chi connectivity index (χ4v) is 1.43. The molecule has 0 radical (unpaired) electrons. The van der Waals surface area contributed by atoms with Crippen molar-refractivity contribution >= 4 is 16.7 Å². The highest BCUT2D eigenvalue weighted by molar-refractivity contribution is 7.84. The molecule has 0 aliphatic rings. The van der Waals surface area contributed by atoms with Crippen LogP contribution < -0.4 is 5.32 Å². The van der Waals surface area contributed by atoms with Gasteiger partial charge in [0.25, 0.3) is 0 Å². The molecule has 78 valence electrons. The van der Waals surface area contributed by atoms with Gasteiger partial charge in [0.05, 0.1) is 12.4 Å². The van der Waals surface area contributed by atoms with Crippen molar-refractivity contribution in [3.05, 3.63) is 18.2 Å². The maximum absolute atomic E-state index is 12.4. The van der Waals surface area contributed by atoms with Crippen molar-refractivity contribution in [2.45, 2.75) is 6.42 Å². The molecule has 6 heteroatoms. The highest BCUT2D eigenvalue weighted by Gasteiger charge is 1.96. The van der Waals surface area contributed by atoms with E-state index in [0.29, 0.717) is 18.2 Å². The van der Waals surface area contributed by atoms with E-state index in [1.807, 2.05) is 0 Å². The molecule has 1 N–H and O–H groups in total. The molecule has 1 aromatic rings. The number of nitrogens with zero attached hydrogens (tertiary/aromatic N) is 2. The Hall–Kier alpha value is -1.04. The molecule has 1 unspecified atom stereocenters. The number of nitrogens with one attached hydrogen (secondary N) is 1. The minimum Gasteiger partial charge on any atom is -0.354 e. The molecule has 0 bridgehead atoms. The molecule has 0 aromatic carbocycles. The number of rotatable bonds is 5. The largest absolute Gasteiger partial charge is 0.354 e. The van der Waals surface area contributed by atoms with E-state index >= 15 is 0 Å². The van der Waals surface area contributed by atoms with Crippen LogP contribution in [-0.2, 0) is 10.8 Å². The molecule has 1 heterocycles. The van der Waals surface area contributed by atoms with Crippen molar-refractivity contribution in [1.29, 1.82) is 0 Å². The summed E-state index contributed by atoms with van der Waals surface area (Å²) in [7, 11) is -0.768. The summed E-state index contributed by atoms with van der Waals surface area (Å²) in [5, 5.41) is 2.90. The highest BCUT2D eigenvalue weighted by Crippen LogP contribution is 1.98. The van der Waals surface area contributed by atoms with Crippen molar-refractivity contribution in [3.63, 3.8) is 0 Å². The van der Waals surface area contributed by atoms with Gasteiger partial charge in [0, 0.05) is 29.4 Å². The number of aromatic nitrogens is 2. The van der Waals surface area contributed by atoms with Crippen LogP contribution in [0.2, 0.25) is 0 Å². The lowest BCUT2D eigenvalue weighted by Crippen LogP contribution is -2.08. The lowest BCUT2D eigenvalue weighted by atomic mass is 10.5. The third kappa shape index (κ3) is 4.27. The van der Waals surface area contributed by atoms with Crippen LogP contribution in [0.25, 0.3) is 0 Å². The molecule has 1 aromatic heterocycles. The summed E-state index contributed by atoms with van der Waals surface area (Å²) in [5.41, 5.74) is 0. The van der Waals surface area contributed by atoms with Crippen LogP contribution in [0.5, 0.6) is 0 Å². The average Bonchev–Trinajstić information content (AvgIpc) is 2.15. The van der Waals surface area contributed by atoms with Crippen LogP contribution in [-0.4, -0.2) is 32.7 Å². The van der Waals surface area contributed by atoms with Crippen LogP contribution in [0.15, 0.2) is 12.4 Å². The minimum absolute atomic E-state index is 0.397. The molecular formula is C8H12FN3OS. The molecule has 0 fully saturated rings. The lowest BCUT2D eigenvalue weighted by molar-refractivity contribution is 0.614. The van der Waals surface area contributed by atoms with E-state index in [-0.39, 0.29) is 0 Å². The van der Waals surface area contributed by atoms with Crippen LogP contribution in [0, 0.1) is 5.82 Å². The number of halogens is 1. The van der Waals surface area contributed by atoms with Crippen molar-refractivity contribution < 1.29 is 8.60 Å². The molecule has 0 saturated carbocycles. The monoisotopic (exact) mass is 217 g/mol. The van der Waals surface area contributed by atoms with E-state index in [0.717, 1.165) is 18.8 Å². The van der Waals surface area contributed by atoms with Gasteiger partial charge >= 0.3 is 0 Å². The van der Waals surface area contributed by atoms with Gasteiger partial charge < -0.3 is 5.32 Å². The van der Waals surface area contributed by atoms with Crippen LogP contribution >= 0.6 is 0 Å². The van der Waals surface area contributed by atoms with Gasteiger partial charge in [0.2, 0.25) is 5.95 Å². The molecule has 1 rings (SSSR count). The van der Waals surface area contributed by atoms with Gasteiger partial charge in [-0.05, 0) is 6.42 Å². The Balaban J connectivity index is 2.25. The first kappa shape index (κ1) is 11.0. The molecule has 4 nitrogen and oxygen atoms in total. The predicted octanol–water partition coefficient (Wildman–Crippen LogP) is 0.796. The van der Waals surface area contributed by atoms with Gasteiger partial charge in [-0.15, -0.1) is 0 Å². The third-order valence-electron chi connectivity index (χ3n) is 1.51. The molecule has 0 aliphatic carbocycles. The third-order valence-corrected chi connectivity index (χ3v) is 2.38.